The summed E-state index contributed by atoms with van der Waals surface area (Å²) < 4.78 is 14.3. The molecule has 0 saturated heterocycles. The highest BCUT2D eigenvalue weighted by Crippen LogP contribution is 2.23. The Labute approximate surface area is 120 Å². The van der Waals surface area contributed by atoms with Gasteiger partial charge in [0, 0.05) is 10.7 Å². The van der Waals surface area contributed by atoms with Crippen molar-refractivity contribution in [3.05, 3.63) is 57.0 Å². The Morgan fingerprint density at radius 1 is 1.22 bits per heavy atom. The molecule has 0 bridgehead atoms. The molecule has 92 valence electrons. The zero-order valence-electron chi connectivity index (χ0n) is 8.95. The summed E-state index contributed by atoms with van der Waals surface area (Å²) in [6, 6.07) is 7.37. The molecule has 1 aromatic heterocycles. The minimum atomic E-state index is -0.414. The largest absolute Gasteiger partial charge is 0.321 e. The van der Waals surface area contributed by atoms with Crippen molar-refractivity contribution in [1.82, 2.24) is 4.98 Å². The molecule has 0 radical (unpaired) electrons. The van der Waals surface area contributed by atoms with E-state index >= 15 is 0 Å². The van der Waals surface area contributed by atoms with E-state index in [1.54, 1.807) is 12.1 Å². The van der Waals surface area contributed by atoms with Crippen LogP contribution in [0.25, 0.3) is 0 Å². The molecule has 3 nitrogen and oxygen atoms in total. The van der Waals surface area contributed by atoms with Gasteiger partial charge in [-0.05, 0) is 62.2 Å². The van der Waals surface area contributed by atoms with Crippen molar-refractivity contribution in [1.29, 1.82) is 0 Å². The van der Waals surface area contributed by atoms with Crippen LogP contribution in [0.1, 0.15) is 10.4 Å². The number of nitrogens with one attached hydrogen (secondary N) is 1. The highest BCUT2D eigenvalue weighted by molar-refractivity contribution is 9.10. The topological polar surface area (TPSA) is 42.0 Å². The van der Waals surface area contributed by atoms with Crippen LogP contribution in [0.2, 0.25) is 0 Å². The van der Waals surface area contributed by atoms with E-state index in [0.29, 0.717) is 20.3 Å². The monoisotopic (exact) mass is 372 g/mol. The van der Waals surface area contributed by atoms with Gasteiger partial charge in [-0.3, -0.25) is 4.79 Å². The summed E-state index contributed by atoms with van der Waals surface area (Å²) in [6.45, 7) is 0. The van der Waals surface area contributed by atoms with Crippen LogP contribution in [-0.4, -0.2) is 10.9 Å². The maximum Gasteiger partial charge on any atom is 0.257 e. The summed E-state index contributed by atoms with van der Waals surface area (Å²) in [4.78, 5) is 15.8. The molecular weight excluding hydrogens is 367 g/mol. The van der Waals surface area contributed by atoms with Gasteiger partial charge >= 0.3 is 0 Å². The number of benzene rings is 1. The Morgan fingerprint density at radius 3 is 2.67 bits per heavy atom. The maximum atomic E-state index is 13.1. The lowest BCUT2D eigenvalue weighted by Crippen LogP contribution is -2.12. The number of nitrogens with zero attached hydrogens (tertiary/aromatic N) is 1. The molecule has 6 heteroatoms. The number of anilines is 1. The summed E-state index contributed by atoms with van der Waals surface area (Å²) in [6.07, 6.45) is 1.44. The van der Waals surface area contributed by atoms with E-state index in [1.807, 2.05) is 0 Å². The second kappa shape index (κ2) is 5.58. The Bertz CT molecular complexity index is 587. The average molecular weight is 374 g/mol. The third kappa shape index (κ3) is 3.14. The molecule has 0 aliphatic rings. The fourth-order valence-corrected chi connectivity index (χ4v) is 1.88. The minimum absolute atomic E-state index is 0.346. The summed E-state index contributed by atoms with van der Waals surface area (Å²) >= 11 is 6.42. The first-order valence-corrected chi connectivity index (χ1v) is 6.53. The predicted octanol–water partition coefficient (Wildman–Crippen LogP) is 4.00. The zero-order valence-corrected chi connectivity index (χ0v) is 12.1. The van der Waals surface area contributed by atoms with E-state index in [0.717, 1.165) is 0 Å². The summed E-state index contributed by atoms with van der Waals surface area (Å²) in [5, 5.41) is 2.61. The first-order valence-electron chi connectivity index (χ1n) is 4.94. The maximum absolute atomic E-state index is 13.1. The van der Waals surface area contributed by atoms with Crippen LogP contribution in [-0.2, 0) is 0 Å². The smallest absolute Gasteiger partial charge is 0.257 e. The van der Waals surface area contributed by atoms with Crippen molar-refractivity contribution >= 4 is 43.5 Å². The van der Waals surface area contributed by atoms with E-state index < -0.39 is 5.82 Å². The SMILES string of the molecule is O=C(Nc1cc(F)ccc1Br)c1ccc(Br)nc1. The molecule has 0 atom stereocenters. The molecule has 0 aliphatic heterocycles. The lowest BCUT2D eigenvalue weighted by Gasteiger charge is -2.07. The van der Waals surface area contributed by atoms with Crippen LogP contribution in [0.3, 0.4) is 0 Å². The van der Waals surface area contributed by atoms with Crippen molar-refractivity contribution in [2.75, 3.05) is 5.32 Å². The molecule has 2 rings (SSSR count). The van der Waals surface area contributed by atoms with Crippen LogP contribution < -0.4 is 5.32 Å². The van der Waals surface area contributed by atoms with Gasteiger partial charge in [-0.1, -0.05) is 0 Å². The number of carbonyl (C=O) groups is 1. The normalized spacial score (nSPS) is 10.2. The summed E-state index contributed by atoms with van der Waals surface area (Å²) in [7, 11) is 0. The fourth-order valence-electron chi connectivity index (χ4n) is 1.30. The Balaban J connectivity index is 2.21. The van der Waals surface area contributed by atoms with Crippen molar-refractivity contribution in [3.63, 3.8) is 0 Å². The number of halogens is 3. The molecule has 1 amide bonds. The molecular formula is C12H7Br2FN2O. The van der Waals surface area contributed by atoms with Crippen LogP contribution in [0, 0.1) is 5.82 Å². The van der Waals surface area contributed by atoms with Gasteiger partial charge in [0.15, 0.2) is 0 Å². The lowest BCUT2D eigenvalue weighted by atomic mass is 10.2. The molecule has 0 saturated carbocycles. The second-order valence-corrected chi connectivity index (χ2v) is 5.11. The molecule has 0 fully saturated rings. The fraction of sp³-hybridized carbons (Fsp3) is 0. The number of pyridine rings is 1. The Hall–Kier alpha value is -1.27. The van der Waals surface area contributed by atoms with Crippen molar-refractivity contribution in [2.24, 2.45) is 0 Å². The third-order valence-electron chi connectivity index (χ3n) is 2.17. The second-order valence-electron chi connectivity index (χ2n) is 3.45. The standard InChI is InChI=1S/C12H7Br2FN2O/c13-9-3-2-8(15)5-10(9)17-12(18)7-1-4-11(14)16-6-7/h1-6H,(H,17,18). The third-order valence-corrected chi connectivity index (χ3v) is 3.33. The molecule has 1 N–H and O–H groups in total. The minimum Gasteiger partial charge on any atom is -0.321 e. The summed E-state index contributed by atoms with van der Waals surface area (Å²) in [5.41, 5.74) is 0.775. The number of aromatic nitrogens is 1. The zero-order chi connectivity index (χ0) is 13.1. The molecule has 0 aliphatic carbocycles. The number of hydrogen-bond donors (Lipinski definition) is 1. The lowest BCUT2D eigenvalue weighted by molar-refractivity contribution is 0.102. The van der Waals surface area contributed by atoms with Gasteiger partial charge in [-0.2, -0.15) is 0 Å². The number of amides is 1. The number of hydrogen-bond acceptors (Lipinski definition) is 2. The van der Waals surface area contributed by atoms with Crippen molar-refractivity contribution in [3.8, 4) is 0 Å². The number of carbonyl (C=O) groups excluding carboxylic acids is 1. The van der Waals surface area contributed by atoms with E-state index in [2.05, 4.69) is 42.2 Å². The van der Waals surface area contributed by atoms with Crippen LogP contribution in [0.15, 0.2) is 45.6 Å². The quantitative estimate of drug-likeness (QED) is 0.808. The van der Waals surface area contributed by atoms with Crippen LogP contribution in [0.5, 0.6) is 0 Å². The van der Waals surface area contributed by atoms with Crippen molar-refractivity contribution in [2.45, 2.75) is 0 Å². The van der Waals surface area contributed by atoms with Gasteiger partial charge in [0.2, 0.25) is 0 Å². The van der Waals surface area contributed by atoms with Gasteiger partial charge < -0.3 is 5.32 Å². The Kier molecular flexibility index (Phi) is 4.08. The predicted molar refractivity (Wildman–Crippen MR) is 74.0 cm³/mol. The molecule has 1 heterocycles. The molecule has 2 aromatic rings. The summed E-state index contributed by atoms with van der Waals surface area (Å²) in [5.74, 6) is -0.760. The van der Waals surface area contributed by atoms with Gasteiger partial charge in [-0.15, -0.1) is 0 Å². The first kappa shape index (κ1) is 13.2. The van der Waals surface area contributed by atoms with E-state index in [9.17, 15) is 9.18 Å². The average Bonchev–Trinajstić information content (AvgIpc) is 2.34. The van der Waals surface area contributed by atoms with Crippen LogP contribution in [0.4, 0.5) is 10.1 Å². The molecule has 0 unspecified atom stereocenters. The Morgan fingerprint density at radius 2 is 2.00 bits per heavy atom. The highest BCUT2D eigenvalue weighted by Gasteiger charge is 2.09. The number of rotatable bonds is 2. The van der Waals surface area contributed by atoms with E-state index in [1.165, 1.54) is 24.4 Å². The van der Waals surface area contributed by atoms with Crippen molar-refractivity contribution < 1.29 is 9.18 Å². The first-order chi connectivity index (χ1) is 8.56. The molecule has 18 heavy (non-hydrogen) atoms. The van der Waals surface area contributed by atoms with Gasteiger partial charge in [0.25, 0.3) is 5.91 Å². The van der Waals surface area contributed by atoms with Gasteiger partial charge in [0.05, 0.1) is 11.3 Å². The molecule has 1 aromatic carbocycles. The highest BCUT2D eigenvalue weighted by atomic mass is 79.9. The van der Waals surface area contributed by atoms with E-state index in [-0.39, 0.29) is 5.91 Å². The van der Waals surface area contributed by atoms with Gasteiger partial charge in [-0.25, -0.2) is 9.37 Å². The van der Waals surface area contributed by atoms with Gasteiger partial charge in [0.1, 0.15) is 10.4 Å². The van der Waals surface area contributed by atoms with E-state index in [4.69, 9.17) is 0 Å². The molecule has 0 spiro atoms. The van der Waals surface area contributed by atoms with Crippen LogP contribution >= 0.6 is 31.9 Å².